The third-order valence-corrected chi connectivity index (χ3v) is 5.01. The Labute approximate surface area is 184 Å². The Kier molecular flexibility index (Phi) is 11.9. The first-order valence-electron chi connectivity index (χ1n) is 10.1. The van der Waals surface area contributed by atoms with Crippen molar-refractivity contribution in [3.63, 3.8) is 0 Å². The standard InChI is InChI=1S/C12H10O.C8H11N.C5H9NOS/c1-3-7-11(8-4-1)13-12-9-5-2-6-10-12;1-9-7-8-5-3-2-4-6-8;7-5-4-8-3-1-2-6-5/h1-10H;2-6,9H,7H2,1H3;1-4H2,(H,6,7). The molecule has 30 heavy (non-hydrogen) atoms. The molecule has 3 aromatic rings. The Morgan fingerprint density at radius 1 is 0.867 bits per heavy atom. The van der Waals surface area contributed by atoms with Gasteiger partial charge in [0.25, 0.3) is 0 Å². The number of carbonyl (C=O) groups is 1. The molecule has 158 valence electrons. The molecule has 1 aliphatic rings. The van der Waals surface area contributed by atoms with E-state index in [1.165, 1.54) is 5.56 Å². The number of rotatable bonds is 4. The van der Waals surface area contributed by atoms with Crippen LogP contribution in [-0.4, -0.2) is 31.0 Å². The molecule has 0 bridgehead atoms. The van der Waals surface area contributed by atoms with E-state index in [1.54, 1.807) is 11.8 Å². The summed E-state index contributed by atoms with van der Waals surface area (Å²) in [5.74, 6) is 3.70. The van der Waals surface area contributed by atoms with E-state index in [2.05, 4.69) is 22.8 Å². The predicted octanol–water partition coefficient (Wildman–Crippen LogP) is 5.12. The third-order valence-electron chi connectivity index (χ3n) is 3.97. The van der Waals surface area contributed by atoms with Crippen molar-refractivity contribution in [1.29, 1.82) is 0 Å². The molecule has 0 atom stereocenters. The van der Waals surface area contributed by atoms with Crippen LogP contribution in [0, 0.1) is 0 Å². The topological polar surface area (TPSA) is 50.4 Å². The van der Waals surface area contributed by atoms with Crippen LogP contribution < -0.4 is 15.4 Å². The lowest BCUT2D eigenvalue weighted by molar-refractivity contribution is -0.118. The van der Waals surface area contributed by atoms with Crippen molar-refractivity contribution >= 4 is 17.7 Å². The van der Waals surface area contributed by atoms with Gasteiger partial charge in [-0.25, -0.2) is 0 Å². The number of hydrogen-bond acceptors (Lipinski definition) is 4. The third kappa shape index (κ3) is 10.7. The lowest BCUT2D eigenvalue weighted by Gasteiger charge is -2.03. The predicted molar refractivity (Wildman–Crippen MR) is 127 cm³/mol. The van der Waals surface area contributed by atoms with Gasteiger partial charge < -0.3 is 15.4 Å². The zero-order chi connectivity index (χ0) is 21.3. The van der Waals surface area contributed by atoms with Crippen LogP contribution in [0.2, 0.25) is 0 Å². The molecule has 0 spiro atoms. The minimum Gasteiger partial charge on any atom is -0.457 e. The second-order valence-electron chi connectivity index (χ2n) is 6.50. The van der Waals surface area contributed by atoms with Crippen LogP contribution >= 0.6 is 11.8 Å². The number of benzene rings is 3. The molecule has 2 N–H and O–H groups in total. The van der Waals surface area contributed by atoms with Gasteiger partial charge in [0.2, 0.25) is 5.91 Å². The molecule has 5 heteroatoms. The van der Waals surface area contributed by atoms with Gasteiger partial charge in [0.05, 0.1) is 5.75 Å². The minimum atomic E-state index is 0.188. The van der Waals surface area contributed by atoms with Crippen molar-refractivity contribution in [2.45, 2.75) is 13.0 Å². The first-order valence-corrected chi connectivity index (χ1v) is 11.2. The molecular formula is C25H30N2O2S. The second kappa shape index (κ2) is 15.1. The van der Waals surface area contributed by atoms with Crippen LogP contribution in [0.3, 0.4) is 0 Å². The van der Waals surface area contributed by atoms with Crippen LogP contribution in [-0.2, 0) is 11.3 Å². The van der Waals surface area contributed by atoms with Gasteiger partial charge in [-0.1, -0.05) is 66.7 Å². The Morgan fingerprint density at radius 3 is 1.93 bits per heavy atom. The molecule has 1 amide bonds. The summed E-state index contributed by atoms with van der Waals surface area (Å²) in [4.78, 5) is 10.6. The van der Waals surface area contributed by atoms with E-state index in [4.69, 9.17) is 4.74 Å². The van der Waals surface area contributed by atoms with Crippen LogP contribution in [0.15, 0.2) is 91.0 Å². The average molecular weight is 423 g/mol. The molecule has 3 aromatic carbocycles. The highest BCUT2D eigenvalue weighted by Gasteiger charge is 2.03. The number of thioether (sulfide) groups is 1. The van der Waals surface area contributed by atoms with Crippen molar-refractivity contribution in [3.05, 3.63) is 96.6 Å². The molecule has 0 saturated carbocycles. The summed E-state index contributed by atoms with van der Waals surface area (Å²) in [5, 5.41) is 5.87. The fraction of sp³-hybridized carbons (Fsp3) is 0.240. The summed E-state index contributed by atoms with van der Waals surface area (Å²) in [6, 6.07) is 29.9. The highest BCUT2D eigenvalue weighted by Crippen LogP contribution is 2.19. The number of nitrogens with one attached hydrogen (secondary N) is 2. The van der Waals surface area contributed by atoms with Gasteiger partial charge in [-0.15, -0.1) is 0 Å². The maximum absolute atomic E-state index is 10.6. The summed E-state index contributed by atoms with van der Waals surface area (Å²) in [6.45, 7) is 1.83. The number of hydrogen-bond donors (Lipinski definition) is 2. The monoisotopic (exact) mass is 422 g/mol. The molecule has 0 unspecified atom stereocenters. The zero-order valence-corrected chi connectivity index (χ0v) is 18.2. The summed E-state index contributed by atoms with van der Waals surface area (Å²) in [7, 11) is 1.95. The molecular weight excluding hydrogens is 392 g/mol. The Balaban J connectivity index is 0.000000167. The summed E-state index contributed by atoms with van der Waals surface area (Å²) in [6.07, 6.45) is 1.12. The minimum absolute atomic E-state index is 0.188. The fourth-order valence-corrected chi connectivity index (χ4v) is 3.31. The van der Waals surface area contributed by atoms with E-state index in [-0.39, 0.29) is 5.91 Å². The van der Waals surface area contributed by atoms with Gasteiger partial charge in [-0.2, -0.15) is 11.8 Å². The van der Waals surface area contributed by atoms with Gasteiger partial charge in [0.15, 0.2) is 0 Å². The molecule has 0 aliphatic carbocycles. The van der Waals surface area contributed by atoms with Crippen LogP contribution in [0.4, 0.5) is 0 Å². The van der Waals surface area contributed by atoms with Crippen molar-refractivity contribution in [1.82, 2.24) is 10.6 Å². The first-order chi connectivity index (χ1) is 14.8. The van der Waals surface area contributed by atoms with Crippen molar-refractivity contribution in [3.8, 4) is 11.5 Å². The van der Waals surface area contributed by atoms with Crippen LogP contribution in [0.1, 0.15) is 12.0 Å². The highest BCUT2D eigenvalue weighted by molar-refractivity contribution is 7.99. The molecule has 1 aliphatic heterocycles. The molecule has 0 aromatic heterocycles. The van der Waals surface area contributed by atoms with E-state index >= 15 is 0 Å². The van der Waals surface area contributed by atoms with E-state index in [0.29, 0.717) is 5.75 Å². The summed E-state index contributed by atoms with van der Waals surface area (Å²) < 4.78 is 5.58. The Bertz CT molecular complexity index is 767. The van der Waals surface area contributed by atoms with Gasteiger partial charge in [-0.3, -0.25) is 4.79 Å². The molecule has 1 saturated heterocycles. The maximum Gasteiger partial charge on any atom is 0.229 e. The van der Waals surface area contributed by atoms with E-state index in [0.717, 1.165) is 36.8 Å². The normalized spacial score (nSPS) is 12.8. The largest absolute Gasteiger partial charge is 0.457 e. The van der Waals surface area contributed by atoms with E-state index < -0.39 is 0 Å². The second-order valence-corrected chi connectivity index (χ2v) is 7.61. The van der Waals surface area contributed by atoms with Crippen molar-refractivity contribution in [2.75, 3.05) is 25.1 Å². The average Bonchev–Trinajstić information content (AvgIpc) is 3.05. The van der Waals surface area contributed by atoms with Crippen LogP contribution in [0.5, 0.6) is 11.5 Å². The van der Waals surface area contributed by atoms with E-state index in [1.807, 2.05) is 85.9 Å². The molecule has 1 heterocycles. The first kappa shape index (κ1) is 23.5. The number of carbonyl (C=O) groups excluding carboxylic acids is 1. The molecule has 4 nitrogen and oxygen atoms in total. The fourth-order valence-electron chi connectivity index (χ4n) is 2.53. The van der Waals surface area contributed by atoms with Gasteiger partial charge in [-0.05, 0) is 49.1 Å². The number of amides is 1. The summed E-state index contributed by atoms with van der Waals surface area (Å²) >= 11 is 1.71. The quantitative estimate of drug-likeness (QED) is 0.612. The van der Waals surface area contributed by atoms with Crippen molar-refractivity contribution in [2.24, 2.45) is 0 Å². The zero-order valence-electron chi connectivity index (χ0n) is 17.4. The van der Waals surface area contributed by atoms with Gasteiger partial charge >= 0.3 is 0 Å². The van der Waals surface area contributed by atoms with E-state index in [9.17, 15) is 4.79 Å². The molecule has 4 rings (SSSR count). The van der Waals surface area contributed by atoms with Gasteiger partial charge in [0.1, 0.15) is 11.5 Å². The Hall–Kier alpha value is -2.76. The maximum atomic E-state index is 10.6. The van der Waals surface area contributed by atoms with Crippen molar-refractivity contribution < 1.29 is 9.53 Å². The number of ether oxygens (including phenoxy) is 1. The Morgan fingerprint density at radius 2 is 1.40 bits per heavy atom. The molecule has 1 fully saturated rings. The smallest absolute Gasteiger partial charge is 0.229 e. The lowest BCUT2D eigenvalue weighted by Crippen LogP contribution is -2.23. The van der Waals surface area contributed by atoms with Gasteiger partial charge in [0, 0.05) is 13.1 Å². The van der Waals surface area contributed by atoms with Crippen LogP contribution in [0.25, 0.3) is 0 Å². The number of para-hydroxylation sites is 2. The molecule has 0 radical (unpaired) electrons. The summed E-state index contributed by atoms with van der Waals surface area (Å²) in [5.41, 5.74) is 1.33. The highest BCUT2D eigenvalue weighted by atomic mass is 32.2. The SMILES string of the molecule is CNCc1ccccc1.O=C1CSCCCN1.c1ccc(Oc2ccccc2)cc1. The lowest BCUT2D eigenvalue weighted by atomic mass is 10.2.